The third kappa shape index (κ3) is 4.48. The first-order valence-corrected chi connectivity index (χ1v) is 11.7. The van der Waals surface area contributed by atoms with Crippen molar-refractivity contribution >= 4 is 39.9 Å². The first kappa shape index (κ1) is 23.7. The molecule has 3 amide bonds. The van der Waals surface area contributed by atoms with Gasteiger partial charge in [-0.3, -0.25) is 14.4 Å². The summed E-state index contributed by atoms with van der Waals surface area (Å²) in [5, 5.41) is 4.72. The summed E-state index contributed by atoms with van der Waals surface area (Å²) in [6.07, 6.45) is 7.41. The Kier molecular flexibility index (Phi) is 7.12. The second-order valence-corrected chi connectivity index (χ2v) is 8.77. The number of anilines is 2. The normalized spacial score (nSPS) is 18.1. The van der Waals surface area contributed by atoms with Gasteiger partial charge < -0.3 is 19.9 Å². The Hall–Kier alpha value is -3.45. The van der Waals surface area contributed by atoms with E-state index in [0.29, 0.717) is 43.8 Å². The van der Waals surface area contributed by atoms with Gasteiger partial charge in [-0.15, -0.1) is 0 Å². The molecular weight excluding hydrogens is 430 g/mol. The Balaban J connectivity index is 1.58. The van der Waals surface area contributed by atoms with Crippen LogP contribution in [-0.2, 0) is 14.3 Å². The molecule has 1 atom stereocenters. The maximum absolute atomic E-state index is 13.3. The Bertz CT molecular complexity index is 1180. The number of hydrogen-bond donors (Lipinski definition) is 1. The van der Waals surface area contributed by atoms with Crippen LogP contribution in [0.5, 0.6) is 0 Å². The van der Waals surface area contributed by atoms with Gasteiger partial charge in [0.05, 0.1) is 5.69 Å². The second-order valence-electron chi connectivity index (χ2n) is 8.77. The number of ether oxygens (including phenoxy) is 1. The number of nitrogens with one attached hydrogen (secondary N) is 1. The summed E-state index contributed by atoms with van der Waals surface area (Å²) in [6.45, 7) is 5.47. The van der Waals surface area contributed by atoms with E-state index in [4.69, 9.17) is 4.74 Å². The van der Waals surface area contributed by atoms with E-state index in [2.05, 4.69) is 5.32 Å². The molecule has 4 rings (SSSR count). The molecule has 1 fully saturated rings. The van der Waals surface area contributed by atoms with E-state index in [-0.39, 0.29) is 17.7 Å². The number of carbonyl (C=O) groups is 3. The van der Waals surface area contributed by atoms with Gasteiger partial charge in [-0.05, 0) is 44.9 Å². The third-order valence-corrected chi connectivity index (χ3v) is 6.40. The lowest BCUT2D eigenvalue weighted by atomic mass is 10.0. The molecule has 1 unspecified atom stereocenters. The minimum atomic E-state index is -0.517. The van der Waals surface area contributed by atoms with Crippen LogP contribution >= 0.6 is 0 Å². The summed E-state index contributed by atoms with van der Waals surface area (Å²) in [6, 6.07) is 8.81. The van der Waals surface area contributed by atoms with Crippen molar-refractivity contribution in [2.24, 2.45) is 0 Å². The molecule has 1 saturated heterocycles. The lowest BCUT2D eigenvalue weighted by molar-refractivity contribution is -0.132. The van der Waals surface area contributed by atoms with Gasteiger partial charge >= 0.3 is 0 Å². The lowest BCUT2D eigenvalue weighted by Crippen LogP contribution is -2.42. The Labute approximate surface area is 200 Å². The number of benzene rings is 2. The smallest absolute Gasteiger partial charge is 0.258 e. The molecule has 2 aliphatic heterocycles. The highest BCUT2D eigenvalue weighted by molar-refractivity contribution is 6.27. The van der Waals surface area contributed by atoms with E-state index < -0.39 is 6.04 Å². The van der Waals surface area contributed by atoms with E-state index >= 15 is 0 Å². The third-order valence-electron chi connectivity index (χ3n) is 6.40. The highest BCUT2D eigenvalue weighted by Gasteiger charge is 2.36. The van der Waals surface area contributed by atoms with Gasteiger partial charge in [0, 0.05) is 55.3 Å². The van der Waals surface area contributed by atoms with Crippen LogP contribution in [0.4, 0.5) is 11.4 Å². The molecule has 2 heterocycles. The Morgan fingerprint density at radius 2 is 2.06 bits per heavy atom. The zero-order valence-corrected chi connectivity index (χ0v) is 20.0. The Morgan fingerprint density at radius 1 is 1.24 bits per heavy atom. The summed E-state index contributed by atoms with van der Waals surface area (Å²) in [5.41, 5.74) is 3.16. The van der Waals surface area contributed by atoms with Crippen LogP contribution in [0.2, 0.25) is 0 Å². The minimum Gasteiger partial charge on any atom is -0.385 e. The number of likely N-dealkylation sites (tertiary alicyclic amines) is 1. The SMILES string of the molecule is C/C=C\C=C(/C)CN1C(=O)CCC1C(=O)Nc1ccc2c3c(cccc13)C(=O)N2CCCOC. The van der Waals surface area contributed by atoms with Crippen LogP contribution in [0.3, 0.4) is 0 Å². The number of allylic oxidation sites excluding steroid dienone is 3. The van der Waals surface area contributed by atoms with Crippen LogP contribution < -0.4 is 10.2 Å². The maximum atomic E-state index is 13.3. The molecule has 0 radical (unpaired) electrons. The quantitative estimate of drug-likeness (QED) is 0.446. The predicted octanol–water partition coefficient (Wildman–Crippen LogP) is 4.29. The van der Waals surface area contributed by atoms with Crippen LogP contribution in [0.15, 0.2) is 54.1 Å². The van der Waals surface area contributed by atoms with Gasteiger partial charge in [0.25, 0.3) is 5.91 Å². The number of nitrogens with zero attached hydrogens (tertiary/aromatic N) is 2. The summed E-state index contributed by atoms with van der Waals surface area (Å²) < 4.78 is 5.14. The number of methoxy groups -OCH3 is 1. The van der Waals surface area contributed by atoms with Crippen LogP contribution in [0.25, 0.3) is 10.8 Å². The van der Waals surface area contributed by atoms with Crippen molar-refractivity contribution in [2.45, 2.75) is 39.2 Å². The fourth-order valence-corrected chi connectivity index (χ4v) is 4.75. The number of hydrogen-bond acceptors (Lipinski definition) is 4. The van der Waals surface area contributed by atoms with Crippen LogP contribution in [0, 0.1) is 0 Å². The molecule has 1 N–H and O–H groups in total. The van der Waals surface area contributed by atoms with Gasteiger partial charge in [-0.1, -0.05) is 35.9 Å². The summed E-state index contributed by atoms with van der Waals surface area (Å²) in [7, 11) is 1.65. The fourth-order valence-electron chi connectivity index (χ4n) is 4.75. The molecule has 0 saturated carbocycles. The van der Waals surface area contributed by atoms with Crippen molar-refractivity contribution in [1.82, 2.24) is 4.90 Å². The second kappa shape index (κ2) is 10.2. The topological polar surface area (TPSA) is 79.0 Å². The molecule has 0 spiro atoms. The average Bonchev–Trinajstić information content (AvgIpc) is 3.33. The summed E-state index contributed by atoms with van der Waals surface area (Å²) in [5.74, 6) is -0.242. The lowest BCUT2D eigenvalue weighted by Gasteiger charge is -2.25. The molecule has 2 aliphatic rings. The van der Waals surface area contributed by atoms with Gasteiger partial charge in [-0.25, -0.2) is 0 Å². The summed E-state index contributed by atoms with van der Waals surface area (Å²) >= 11 is 0. The average molecular weight is 462 g/mol. The monoisotopic (exact) mass is 461 g/mol. The van der Waals surface area contributed by atoms with Gasteiger partial charge in [0.1, 0.15) is 6.04 Å². The van der Waals surface area contributed by atoms with E-state index in [1.807, 2.05) is 62.4 Å². The standard InChI is InChI=1S/C27H31N3O4/c1-4-5-8-18(2)17-30-23(13-14-24(30)31)26(32)28-21-11-12-22-25-19(21)9-6-10-20(25)27(33)29(22)15-7-16-34-3/h4-6,8-12,23H,7,13-17H2,1-3H3,(H,28,32)/b5-4-,18-8+. The molecular formula is C27H31N3O4. The van der Waals surface area contributed by atoms with E-state index in [1.54, 1.807) is 16.9 Å². The molecule has 7 nitrogen and oxygen atoms in total. The maximum Gasteiger partial charge on any atom is 0.258 e. The molecule has 178 valence electrons. The first-order valence-electron chi connectivity index (χ1n) is 11.7. The number of amides is 3. The van der Waals surface area contributed by atoms with Crippen molar-refractivity contribution in [3.05, 3.63) is 59.7 Å². The first-order chi connectivity index (χ1) is 16.5. The zero-order chi connectivity index (χ0) is 24.2. The molecule has 0 aliphatic carbocycles. The highest BCUT2D eigenvalue weighted by Crippen LogP contribution is 2.40. The number of carbonyl (C=O) groups excluding carboxylic acids is 3. The Morgan fingerprint density at radius 3 is 2.82 bits per heavy atom. The largest absolute Gasteiger partial charge is 0.385 e. The van der Waals surface area contributed by atoms with E-state index in [0.717, 1.165) is 28.5 Å². The minimum absolute atomic E-state index is 0.00826. The van der Waals surface area contributed by atoms with Crippen LogP contribution in [0.1, 0.15) is 43.5 Å². The van der Waals surface area contributed by atoms with Crippen molar-refractivity contribution < 1.29 is 19.1 Å². The van der Waals surface area contributed by atoms with E-state index in [1.165, 1.54) is 0 Å². The zero-order valence-electron chi connectivity index (χ0n) is 20.0. The molecule has 34 heavy (non-hydrogen) atoms. The van der Waals surface area contributed by atoms with Crippen molar-refractivity contribution in [3.63, 3.8) is 0 Å². The van der Waals surface area contributed by atoms with Gasteiger partial charge in [0.2, 0.25) is 11.8 Å². The van der Waals surface area contributed by atoms with Crippen molar-refractivity contribution in [2.75, 3.05) is 37.0 Å². The van der Waals surface area contributed by atoms with E-state index in [9.17, 15) is 14.4 Å². The molecule has 2 aromatic carbocycles. The molecule has 0 bridgehead atoms. The molecule has 7 heteroatoms. The highest BCUT2D eigenvalue weighted by atomic mass is 16.5. The number of rotatable bonds is 9. The molecule has 2 aromatic rings. The van der Waals surface area contributed by atoms with Crippen molar-refractivity contribution in [3.8, 4) is 0 Å². The van der Waals surface area contributed by atoms with Crippen LogP contribution in [-0.4, -0.2) is 55.5 Å². The van der Waals surface area contributed by atoms with Gasteiger partial charge in [0.15, 0.2) is 0 Å². The fraction of sp³-hybridized carbons (Fsp3) is 0.370. The molecule has 0 aromatic heterocycles. The van der Waals surface area contributed by atoms with Gasteiger partial charge in [-0.2, -0.15) is 0 Å². The predicted molar refractivity (Wildman–Crippen MR) is 134 cm³/mol. The summed E-state index contributed by atoms with van der Waals surface area (Å²) in [4.78, 5) is 42.2. The van der Waals surface area contributed by atoms with Crippen molar-refractivity contribution in [1.29, 1.82) is 0 Å².